The Morgan fingerprint density at radius 3 is 2.65 bits per heavy atom. The van der Waals surface area contributed by atoms with Crippen LogP contribution in [0.4, 0.5) is 0 Å². The molecule has 0 aromatic carbocycles. The Morgan fingerprint density at radius 1 is 1.55 bits per heavy atom. The summed E-state index contributed by atoms with van der Waals surface area (Å²) in [5.74, 6) is 5.63. The first kappa shape index (κ1) is 17.2. The molecule has 1 amide bonds. The number of nitrogens with two attached hydrogens (primary N) is 1. The van der Waals surface area contributed by atoms with Crippen LogP contribution in [0.5, 0.6) is 0 Å². The lowest BCUT2D eigenvalue weighted by Gasteiger charge is -2.32. The Kier molecular flexibility index (Phi) is 5.80. The number of ether oxygens (including phenoxy) is 1. The molecule has 5 heteroatoms. The fourth-order valence-corrected chi connectivity index (χ4v) is 1.91. The molecule has 2 N–H and O–H groups in total. The van der Waals surface area contributed by atoms with Crippen molar-refractivity contribution in [3.8, 4) is 0 Å². The summed E-state index contributed by atoms with van der Waals surface area (Å²) in [5, 5.41) is 0.405. The van der Waals surface area contributed by atoms with Gasteiger partial charge in [-0.1, -0.05) is 31.0 Å². The van der Waals surface area contributed by atoms with Crippen LogP contribution < -0.4 is 5.84 Å². The monoisotopic (exact) mass is 300 g/mol. The maximum atomic E-state index is 12.2. The number of nitrogens with zero attached hydrogens (tertiary/aromatic N) is 1. The second-order valence-corrected chi connectivity index (χ2v) is 6.67. The number of amides is 1. The molecule has 0 saturated heterocycles. The highest BCUT2D eigenvalue weighted by Crippen LogP contribution is 2.30. The lowest BCUT2D eigenvalue weighted by molar-refractivity contribution is -0.131. The van der Waals surface area contributed by atoms with Crippen molar-refractivity contribution in [1.29, 1.82) is 0 Å². The van der Waals surface area contributed by atoms with Gasteiger partial charge in [0.15, 0.2) is 5.06 Å². The first-order valence-corrected chi connectivity index (χ1v) is 7.39. The van der Waals surface area contributed by atoms with Gasteiger partial charge in [0.2, 0.25) is 0 Å². The van der Waals surface area contributed by atoms with Gasteiger partial charge >= 0.3 is 0 Å². The molecule has 0 fully saturated rings. The highest BCUT2D eigenvalue weighted by Gasteiger charge is 2.30. The Morgan fingerprint density at radius 2 is 2.20 bits per heavy atom. The van der Waals surface area contributed by atoms with Gasteiger partial charge in [-0.25, -0.2) is 5.84 Å². The lowest BCUT2D eigenvalue weighted by atomic mass is 10.0. The maximum absolute atomic E-state index is 12.2. The van der Waals surface area contributed by atoms with Crippen LogP contribution >= 0.6 is 11.6 Å². The minimum Gasteiger partial charge on any atom is -0.356 e. The second-order valence-electron chi connectivity index (χ2n) is 6.03. The lowest BCUT2D eigenvalue weighted by Crippen LogP contribution is -2.51. The van der Waals surface area contributed by atoms with Gasteiger partial charge in [-0.05, 0) is 39.3 Å². The highest BCUT2D eigenvalue weighted by molar-refractivity contribution is 6.24. The van der Waals surface area contributed by atoms with Crippen LogP contribution in [-0.4, -0.2) is 28.1 Å². The van der Waals surface area contributed by atoms with Crippen LogP contribution in [0.2, 0.25) is 0 Å². The molecule has 0 aromatic rings. The van der Waals surface area contributed by atoms with E-state index in [4.69, 9.17) is 22.2 Å². The van der Waals surface area contributed by atoms with E-state index in [1.165, 1.54) is 5.01 Å². The first-order chi connectivity index (χ1) is 9.19. The maximum Gasteiger partial charge on any atom is 0.267 e. The van der Waals surface area contributed by atoms with Crippen molar-refractivity contribution in [2.24, 2.45) is 5.84 Å². The van der Waals surface area contributed by atoms with Crippen LogP contribution in [0, 0.1) is 0 Å². The van der Waals surface area contributed by atoms with Crippen molar-refractivity contribution in [2.45, 2.75) is 57.6 Å². The predicted octanol–water partition coefficient (Wildman–Crippen LogP) is 3.13. The first-order valence-electron chi connectivity index (χ1n) is 7.01. The van der Waals surface area contributed by atoms with E-state index in [1.807, 2.05) is 20.8 Å². The number of unbranched alkanes of at least 4 members (excludes halogenated alkanes) is 1. The number of hydrogen-bond donors (Lipinski definition) is 1. The third-order valence-corrected chi connectivity index (χ3v) is 3.53. The van der Waals surface area contributed by atoms with E-state index in [0.29, 0.717) is 18.6 Å². The average molecular weight is 301 g/mol. The summed E-state index contributed by atoms with van der Waals surface area (Å²) < 4.78 is 5.64. The van der Waals surface area contributed by atoms with Gasteiger partial charge in [-0.15, -0.1) is 0 Å². The third-order valence-electron chi connectivity index (χ3n) is 3.14. The molecule has 4 nitrogen and oxygen atoms in total. The Labute approximate surface area is 126 Å². The summed E-state index contributed by atoms with van der Waals surface area (Å²) >= 11 is 6.34. The number of carbonyl (C=O) groups is 1. The van der Waals surface area contributed by atoms with Crippen LogP contribution in [0.25, 0.3) is 0 Å². The van der Waals surface area contributed by atoms with E-state index in [9.17, 15) is 4.79 Å². The van der Waals surface area contributed by atoms with E-state index in [2.05, 4.69) is 6.92 Å². The number of halogens is 1. The fourth-order valence-electron chi connectivity index (χ4n) is 1.69. The average Bonchev–Trinajstić information content (AvgIpc) is 2.37. The number of carbonyl (C=O) groups excluding carboxylic acids is 1. The summed E-state index contributed by atoms with van der Waals surface area (Å²) in [4.78, 5) is 12.2. The Bertz CT molecular complexity index is 413. The minimum absolute atomic E-state index is 0.207. The largest absolute Gasteiger partial charge is 0.356 e. The van der Waals surface area contributed by atoms with Gasteiger partial charge < -0.3 is 4.74 Å². The zero-order valence-electron chi connectivity index (χ0n) is 12.8. The quantitative estimate of drug-likeness (QED) is 0.279. The molecule has 0 saturated carbocycles. The normalized spacial score (nSPS) is 22.6. The summed E-state index contributed by atoms with van der Waals surface area (Å²) in [6.07, 6.45) is 7.70. The highest BCUT2D eigenvalue weighted by atomic mass is 35.5. The van der Waals surface area contributed by atoms with E-state index in [1.54, 1.807) is 18.2 Å². The van der Waals surface area contributed by atoms with Gasteiger partial charge in [0, 0.05) is 18.6 Å². The van der Waals surface area contributed by atoms with Crippen LogP contribution in [0.15, 0.2) is 23.8 Å². The Hall–Kier alpha value is -0.840. The number of hydrazine groups is 1. The fraction of sp³-hybridized carbons (Fsp3) is 0.667. The molecular formula is C15H25ClN2O2. The van der Waals surface area contributed by atoms with Crippen LogP contribution in [-0.2, 0) is 9.53 Å². The number of alkyl halides is 1. The molecule has 0 aliphatic heterocycles. The van der Waals surface area contributed by atoms with Gasteiger partial charge in [-0.2, -0.15) is 0 Å². The summed E-state index contributed by atoms with van der Waals surface area (Å²) in [7, 11) is 0. The SMILES string of the molecule is CCCCOC1(Cl)C=CC(C(=O)N(N)C(C)(C)C)=CC1. The number of rotatable bonds is 5. The van der Waals surface area contributed by atoms with Crippen LogP contribution in [0.1, 0.15) is 47.0 Å². The van der Waals surface area contributed by atoms with Gasteiger partial charge in [0.1, 0.15) is 0 Å². The zero-order valence-corrected chi connectivity index (χ0v) is 13.5. The summed E-state index contributed by atoms with van der Waals surface area (Å²) in [6.45, 7) is 8.37. The molecule has 1 atom stereocenters. The van der Waals surface area contributed by atoms with Gasteiger partial charge in [0.05, 0.1) is 5.54 Å². The second kappa shape index (κ2) is 6.74. The van der Waals surface area contributed by atoms with Crippen molar-refractivity contribution in [3.05, 3.63) is 23.8 Å². The third kappa shape index (κ3) is 4.62. The number of hydrogen-bond acceptors (Lipinski definition) is 3. The van der Waals surface area contributed by atoms with Crippen molar-refractivity contribution < 1.29 is 9.53 Å². The standard InChI is InChI=1S/C15H25ClN2O2/c1-5-6-11-20-15(16)9-7-12(8-10-15)13(19)18(17)14(2,3)4/h7-9H,5-6,10-11,17H2,1-4H3. The molecule has 114 valence electrons. The van der Waals surface area contributed by atoms with Crippen molar-refractivity contribution >= 4 is 17.5 Å². The molecular weight excluding hydrogens is 276 g/mol. The van der Waals surface area contributed by atoms with E-state index >= 15 is 0 Å². The van der Waals surface area contributed by atoms with Crippen molar-refractivity contribution in [2.75, 3.05) is 6.61 Å². The van der Waals surface area contributed by atoms with E-state index in [0.717, 1.165) is 12.8 Å². The van der Waals surface area contributed by atoms with Gasteiger partial charge in [-0.3, -0.25) is 9.80 Å². The summed E-state index contributed by atoms with van der Waals surface area (Å²) in [5.41, 5.74) is 0.136. The molecule has 1 rings (SSSR count). The molecule has 0 spiro atoms. The minimum atomic E-state index is -0.833. The van der Waals surface area contributed by atoms with E-state index < -0.39 is 10.6 Å². The van der Waals surface area contributed by atoms with Crippen LogP contribution in [0.3, 0.4) is 0 Å². The molecule has 1 unspecified atom stereocenters. The molecule has 0 radical (unpaired) electrons. The molecule has 20 heavy (non-hydrogen) atoms. The van der Waals surface area contributed by atoms with Gasteiger partial charge in [0.25, 0.3) is 5.91 Å². The van der Waals surface area contributed by atoms with Crippen molar-refractivity contribution in [3.63, 3.8) is 0 Å². The predicted molar refractivity (Wildman–Crippen MR) is 82.1 cm³/mol. The van der Waals surface area contributed by atoms with Crippen molar-refractivity contribution in [1.82, 2.24) is 5.01 Å². The zero-order chi connectivity index (χ0) is 15.4. The van der Waals surface area contributed by atoms with E-state index in [-0.39, 0.29) is 5.91 Å². The summed E-state index contributed by atoms with van der Waals surface area (Å²) in [6, 6.07) is 0. The molecule has 1 aliphatic rings. The smallest absolute Gasteiger partial charge is 0.267 e. The molecule has 0 heterocycles. The molecule has 0 aromatic heterocycles. The molecule has 1 aliphatic carbocycles. The Balaban J connectivity index is 2.65. The topological polar surface area (TPSA) is 55.6 Å². The molecule has 0 bridgehead atoms.